The van der Waals surface area contributed by atoms with E-state index in [1.54, 1.807) is 25.1 Å². The molecule has 7 heteroatoms. The van der Waals surface area contributed by atoms with Crippen LogP contribution in [0.2, 0.25) is 0 Å². The minimum atomic E-state index is -3.63. The Labute approximate surface area is 183 Å². The van der Waals surface area contributed by atoms with Gasteiger partial charge in [-0.15, -0.1) is 0 Å². The zero-order chi connectivity index (χ0) is 22.8. The van der Waals surface area contributed by atoms with E-state index >= 15 is 0 Å². The molecule has 0 aliphatic heterocycles. The molecule has 166 valence electrons. The van der Waals surface area contributed by atoms with E-state index in [0.717, 1.165) is 47.0 Å². The van der Waals surface area contributed by atoms with Gasteiger partial charge < -0.3 is 5.32 Å². The molecule has 2 N–H and O–H groups in total. The van der Waals surface area contributed by atoms with E-state index in [2.05, 4.69) is 5.32 Å². The van der Waals surface area contributed by atoms with Crippen LogP contribution < -0.4 is 10.0 Å². The molecule has 5 nitrogen and oxygen atoms in total. The molecule has 2 aromatic rings. The maximum Gasteiger partial charge on any atom is 0.260 e. The van der Waals surface area contributed by atoms with Crippen LogP contribution in [0.3, 0.4) is 0 Å². The van der Waals surface area contributed by atoms with Gasteiger partial charge in [0.15, 0.2) is 0 Å². The third-order valence-electron chi connectivity index (χ3n) is 5.61. The lowest BCUT2D eigenvalue weighted by molar-refractivity contribution is -0.115. The van der Waals surface area contributed by atoms with Crippen LogP contribution in [0.1, 0.15) is 49.3 Å². The van der Waals surface area contributed by atoms with Crippen LogP contribution in [0.5, 0.6) is 0 Å². The van der Waals surface area contributed by atoms with Crippen LogP contribution in [0.4, 0.5) is 10.1 Å². The highest BCUT2D eigenvalue weighted by Crippen LogP contribution is 2.32. The smallest absolute Gasteiger partial charge is 0.260 e. The van der Waals surface area contributed by atoms with Gasteiger partial charge >= 0.3 is 0 Å². The number of anilines is 1. The number of hydrogen-bond acceptors (Lipinski definition) is 4. The third kappa shape index (κ3) is 5.94. The number of halogens is 1. The van der Waals surface area contributed by atoms with Gasteiger partial charge in [-0.05, 0) is 80.1 Å². The number of benzene rings is 2. The van der Waals surface area contributed by atoms with Crippen LogP contribution in [-0.2, 0) is 14.8 Å². The minimum absolute atomic E-state index is 0.272. The van der Waals surface area contributed by atoms with Crippen LogP contribution in [0.25, 0.3) is 17.2 Å². The van der Waals surface area contributed by atoms with E-state index in [4.69, 9.17) is 0 Å². The lowest BCUT2D eigenvalue weighted by Gasteiger charge is -2.16. The normalized spacial score (nSPS) is 15.2. The molecule has 1 aliphatic rings. The summed E-state index contributed by atoms with van der Waals surface area (Å²) < 4.78 is 39.4. The van der Waals surface area contributed by atoms with Gasteiger partial charge in [0.2, 0.25) is 10.0 Å². The first-order valence-corrected chi connectivity index (χ1v) is 12.3. The Morgan fingerprint density at radius 1 is 1.06 bits per heavy atom. The first-order valence-electron chi connectivity index (χ1n) is 10.4. The third-order valence-corrected chi connectivity index (χ3v) is 6.16. The first-order chi connectivity index (χ1) is 14.5. The molecule has 0 bridgehead atoms. The van der Waals surface area contributed by atoms with Gasteiger partial charge in [-0.2, -0.15) is 0 Å². The van der Waals surface area contributed by atoms with Crippen LogP contribution in [0, 0.1) is 19.7 Å². The van der Waals surface area contributed by atoms with Crippen molar-refractivity contribution in [2.45, 2.75) is 52.5 Å². The van der Waals surface area contributed by atoms with Crippen molar-refractivity contribution in [1.29, 1.82) is 0 Å². The lowest BCUT2D eigenvalue weighted by Crippen LogP contribution is -2.29. The van der Waals surface area contributed by atoms with E-state index in [-0.39, 0.29) is 11.4 Å². The van der Waals surface area contributed by atoms with Gasteiger partial charge in [-0.1, -0.05) is 25.0 Å². The number of aryl methyl sites for hydroxylation is 2. The Balaban J connectivity index is 1.86. The fourth-order valence-corrected chi connectivity index (χ4v) is 4.46. The van der Waals surface area contributed by atoms with Gasteiger partial charge in [0.1, 0.15) is 5.82 Å². The van der Waals surface area contributed by atoms with E-state index in [1.807, 2.05) is 36.8 Å². The van der Waals surface area contributed by atoms with Gasteiger partial charge in [-0.25, -0.2) is 17.5 Å². The largest absolute Gasteiger partial charge is 0.382 e. The van der Waals surface area contributed by atoms with Gasteiger partial charge in [0.05, 0.1) is 6.26 Å². The minimum Gasteiger partial charge on any atom is -0.382 e. The Bertz CT molecular complexity index is 1130. The second-order valence-corrected chi connectivity index (χ2v) is 10.1. The number of carbonyl (C=O) groups is 1. The number of hydrogen-bond donors (Lipinski definition) is 2. The second-order valence-electron chi connectivity index (χ2n) is 8.37. The highest BCUT2D eigenvalue weighted by molar-refractivity contribution is 7.89. The summed E-state index contributed by atoms with van der Waals surface area (Å²) >= 11 is 0. The Hall–Kier alpha value is -2.67. The monoisotopic (exact) mass is 444 g/mol. The molecule has 0 atom stereocenters. The molecule has 3 rings (SSSR count). The highest BCUT2D eigenvalue weighted by Gasteiger charge is 2.16. The number of carbonyl (C=O) groups excluding carboxylic acids is 1. The number of nitrogens with one attached hydrogen (secondary N) is 2. The van der Waals surface area contributed by atoms with Crippen molar-refractivity contribution in [2.75, 3.05) is 11.6 Å². The standard InChI is InChI=1S/C24H29FN2O3S/c1-15-13-22(16(2)11-18(15)12-17(3)24(28)27-31(4,29)30)21-10-9-20(14-23(21)25)26-19-7-5-6-8-19/h9-14,19,26H,5-8H2,1-4H3,(H,27,28)/b17-12+. The summed E-state index contributed by atoms with van der Waals surface area (Å²) in [6.45, 7) is 5.32. The first kappa shape index (κ1) is 23.0. The number of amides is 1. The Morgan fingerprint density at radius 3 is 2.35 bits per heavy atom. The fourth-order valence-electron chi connectivity index (χ4n) is 3.96. The average molecular weight is 445 g/mol. The molecule has 2 aromatic carbocycles. The molecule has 31 heavy (non-hydrogen) atoms. The molecule has 1 fully saturated rings. The second kappa shape index (κ2) is 9.22. The molecule has 0 radical (unpaired) electrons. The van der Waals surface area contributed by atoms with Crippen molar-refractivity contribution in [1.82, 2.24) is 4.72 Å². The fraction of sp³-hybridized carbons (Fsp3) is 0.375. The Kier molecular flexibility index (Phi) is 6.84. The van der Waals surface area contributed by atoms with Gasteiger partial charge in [0, 0.05) is 22.9 Å². The molecule has 0 unspecified atom stereocenters. The number of sulfonamides is 1. The van der Waals surface area contributed by atoms with Crippen LogP contribution in [-0.4, -0.2) is 26.6 Å². The zero-order valence-corrected chi connectivity index (χ0v) is 19.2. The summed E-state index contributed by atoms with van der Waals surface area (Å²) in [6, 6.07) is 9.46. The summed E-state index contributed by atoms with van der Waals surface area (Å²) in [5, 5.41) is 3.42. The summed E-state index contributed by atoms with van der Waals surface area (Å²) in [6.07, 6.45) is 7.25. The van der Waals surface area contributed by atoms with Crippen LogP contribution in [0.15, 0.2) is 35.9 Å². The quantitative estimate of drug-likeness (QED) is 0.619. The average Bonchev–Trinajstić information content (AvgIpc) is 3.16. The van der Waals surface area contributed by atoms with Crippen molar-refractivity contribution in [3.05, 3.63) is 58.4 Å². The predicted octanol–water partition coefficient (Wildman–Crippen LogP) is 4.94. The molecule has 1 aliphatic carbocycles. The van der Waals surface area contributed by atoms with E-state index in [1.165, 1.54) is 12.8 Å². The summed E-state index contributed by atoms with van der Waals surface area (Å²) in [7, 11) is -3.63. The van der Waals surface area contributed by atoms with Gasteiger partial charge in [0.25, 0.3) is 5.91 Å². The summed E-state index contributed by atoms with van der Waals surface area (Å²) in [5.74, 6) is -0.947. The predicted molar refractivity (Wildman–Crippen MR) is 124 cm³/mol. The number of rotatable bonds is 6. The summed E-state index contributed by atoms with van der Waals surface area (Å²) in [5.41, 5.74) is 4.90. The van der Waals surface area contributed by atoms with Crippen molar-refractivity contribution >= 4 is 27.7 Å². The topological polar surface area (TPSA) is 75.3 Å². The van der Waals surface area contributed by atoms with Crippen molar-refractivity contribution in [3.8, 4) is 11.1 Å². The molecule has 1 amide bonds. The van der Waals surface area contributed by atoms with E-state index in [9.17, 15) is 17.6 Å². The van der Waals surface area contributed by atoms with Crippen LogP contribution >= 0.6 is 0 Å². The summed E-state index contributed by atoms with van der Waals surface area (Å²) in [4.78, 5) is 12.0. The van der Waals surface area contributed by atoms with E-state index in [0.29, 0.717) is 11.6 Å². The molecule has 0 saturated heterocycles. The Morgan fingerprint density at radius 2 is 1.74 bits per heavy atom. The molecule has 0 spiro atoms. The highest BCUT2D eigenvalue weighted by atomic mass is 32.2. The molecule has 1 saturated carbocycles. The maximum atomic E-state index is 14.9. The zero-order valence-electron chi connectivity index (χ0n) is 18.4. The van der Waals surface area contributed by atoms with Crippen molar-refractivity contribution < 1.29 is 17.6 Å². The molecule has 0 heterocycles. The van der Waals surface area contributed by atoms with E-state index < -0.39 is 15.9 Å². The maximum absolute atomic E-state index is 14.9. The van der Waals surface area contributed by atoms with Crippen molar-refractivity contribution in [3.63, 3.8) is 0 Å². The van der Waals surface area contributed by atoms with Gasteiger partial charge in [-0.3, -0.25) is 4.79 Å². The molecular formula is C24H29FN2O3S. The molecular weight excluding hydrogens is 415 g/mol. The SMILES string of the molecule is C/C(=C\c1cc(C)c(-c2ccc(NC3CCCC3)cc2F)cc1C)C(=O)NS(C)(=O)=O. The van der Waals surface area contributed by atoms with Crippen molar-refractivity contribution in [2.24, 2.45) is 0 Å². The molecule has 0 aromatic heterocycles. The lowest BCUT2D eigenvalue weighted by atomic mass is 9.93.